The van der Waals surface area contributed by atoms with Crippen molar-refractivity contribution >= 4 is 11.9 Å². The van der Waals surface area contributed by atoms with Crippen LogP contribution >= 0.6 is 0 Å². The SMILES string of the molecule is COC(=O)C12c3ccccc3C3C1C1CC1C1C3C12C(=O)OC. The lowest BCUT2D eigenvalue weighted by Gasteiger charge is -2.41. The van der Waals surface area contributed by atoms with Gasteiger partial charge in [0.1, 0.15) is 5.41 Å². The van der Waals surface area contributed by atoms with Gasteiger partial charge in [0.05, 0.1) is 19.6 Å². The Morgan fingerprint density at radius 1 is 1.00 bits per heavy atom. The van der Waals surface area contributed by atoms with E-state index in [1.165, 1.54) is 19.8 Å². The van der Waals surface area contributed by atoms with Crippen LogP contribution in [0.2, 0.25) is 0 Å². The zero-order valence-electron chi connectivity index (χ0n) is 13.1. The van der Waals surface area contributed by atoms with Crippen LogP contribution < -0.4 is 0 Å². The molecule has 23 heavy (non-hydrogen) atoms. The van der Waals surface area contributed by atoms with Crippen LogP contribution in [0, 0.1) is 35.0 Å². The van der Waals surface area contributed by atoms with Crippen molar-refractivity contribution in [2.45, 2.75) is 17.8 Å². The highest BCUT2D eigenvalue weighted by Gasteiger charge is 2.99. The summed E-state index contributed by atoms with van der Waals surface area (Å²) in [6.45, 7) is 0. The molecule has 7 rings (SSSR count). The summed E-state index contributed by atoms with van der Waals surface area (Å²) in [7, 11) is 2.90. The Labute approximate surface area is 134 Å². The second-order valence-corrected chi connectivity index (χ2v) is 7.91. The summed E-state index contributed by atoms with van der Waals surface area (Å²) in [5.74, 6) is 1.92. The van der Waals surface area contributed by atoms with E-state index in [9.17, 15) is 9.59 Å². The molecule has 5 fully saturated rings. The Kier molecular flexibility index (Phi) is 1.82. The number of benzene rings is 1. The van der Waals surface area contributed by atoms with Gasteiger partial charge in [-0.05, 0) is 53.1 Å². The first kappa shape index (κ1) is 12.6. The molecule has 8 unspecified atom stereocenters. The highest BCUT2D eigenvalue weighted by molar-refractivity contribution is 6.01. The Balaban J connectivity index is 1.72. The van der Waals surface area contributed by atoms with Gasteiger partial charge in [-0.15, -0.1) is 0 Å². The number of fused-ring (bicyclic) bond motifs is 1. The van der Waals surface area contributed by atoms with Crippen LogP contribution in [0.15, 0.2) is 24.3 Å². The lowest BCUT2D eigenvalue weighted by atomic mass is 9.59. The smallest absolute Gasteiger partial charge is 0.317 e. The molecule has 0 aliphatic heterocycles. The van der Waals surface area contributed by atoms with Crippen molar-refractivity contribution in [3.8, 4) is 0 Å². The minimum absolute atomic E-state index is 0.190. The Hall–Kier alpha value is -1.84. The molecule has 0 radical (unpaired) electrons. The standard InChI is InChI=1S/C19H18O4/c1-22-16(20)18-11-6-4-3-5-8(11)12-13(18)9-7-10(9)14-15(12)19(14,18)17(21)23-2/h3-6,9-10,12-15H,7H2,1-2H3. The van der Waals surface area contributed by atoms with Crippen molar-refractivity contribution in [2.75, 3.05) is 14.2 Å². The maximum absolute atomic E-state index is 13.1. The largest absolute Gasteiger partial charge is 0.469 e. The predicted octanol–water partition coefficient (Wildman–Crippen LogP) is 1.88. The molecule has 1 aromatic rings. The fourth-order valence-electron chi connectivity index (χ4n) is 7.61. The van der Waals surface area contributed by atoms with E-state index in [1.807, 2.05) is 18.2 Å². The zero-order valence-corrected chi connectivity index (χ0v) is 13.1. The summed E-state index contributed by atoms with van der Waals surface area (Å²) >= 11 is 0. The van der Waals surface area contributed by atoms with Gasteiger partial charge in [0.15, 0.2) is 0 Å². The van der Waals surface area contributed by atoms with Gasteiger partial charge in [-0.1, -0.05) is 24.3 Å². The first-order chi connectivity index (χ1) is 11.2. The van der Waals surface area contributed by atoms with E-state index in [2.05, 4.69) is 6.07 Å². The van der Waals surface area contributed by atoms with Crippen LogP contribution in [0.4, 0.5) is 0 Å². The Morgan fingerprint density at radius 3 is 2.43 bits per heavy atom. The van der Waals surface area contributed by atoms with Crippen molar-refractivity contribution in [3.63, 3.8) is 0 Å². The van der Waals surface area contributed by atoms with Gasteiger partial charge in [-0.3, -0.25) is 9.59 Å². The minimum Gasteiger partial charge on any atom is -0.469 e. The molecule has 0 amide bonds. The van der Waals surface area contributed by atoms with Crippen molar-refractivity contribution in [3.05, 3.63) is 35.4 Å². The molecule has 0 saturated heterocycles. The summed E-state index contributed by atoms with van der Waals surface area (Å²) < 4.78 is 10.5. The topological polar surface area (TPSA) is 52.6 Å². The van der Waals surface area contributed by atoms with Crippen LogP contribution in [0.1, 0.15) is 23.5 Å². The van der Waals surface area contributed by atoms with Crippen molar-refractivity contribution in [2.24, 2.45) is 35.0 Å². The van der Waals surface area contributed by atoms with Crippen molar-refractivity contribution in [1.82, 2.24) is 0 Å². The average Bonchev–Trinajstić information content (AvgIpc) is 3.48. The van der Waals surface area contributed by atoms with Crippen molar-refractivity contribution in [1.29, 1.82) is 0 Å². The van der Waals surface area contributed by atoms with Gasteiger partial charge in [0.2, 0.25) is 0 Å². The second-order valence-electron chi connectivity index (χ2n) is 7.91. The molecule has 5 saturated carbocycles. The number of methoxy groups -OCH3 is 2. The normalized spacial score (nSPS) is 51.6. The molecule has 6 aliphatic carbocycles. The highest BCUT2D eigenvalue weighted by atomic mass is 16.5. The third kappa shape index (κ3) is 0.896. The van der Waals surface area contributed by atoms with E-state index < -0.39 is 10.8 Å². The van der Waals surface area contributed by atoms with E-state index in [-0.39, 0.29) is 23.8 Å². The summed E-state index contributed by atoms with van der Waals surface area (Å²) in [5, 5.41) is 0. The summed E-state index contributed by atoms with van der Waals surface area (Å²) in [5.41, 5.74) is 0.857. The maximum Gasteiger partial charge on any atom is 0.317 e. The monoisotopic (exact) mass is 310 g/mol. The first-order valence-electron chi connectivity index (χ1n) is 8.43. The molecule has 6 aliphatic rings. The third-order valence-corrected chi connectivity index (χ3v) is 7.84. The fourth-order valence-corrected chi connectivity index (χ4v) is 7.61. The molecular formula is C19H18O4. The fraction of sp³-hybridized carbons (Fsp3) is 0.579. The molecule has 0 spiro atoms. The van der Waals surface area contributed by atoms with E-state index in [4.69, 9.17) is 9.47 Å². The Morgan fingerprint density at radius 2 is 1.70 bits per heavy atom. The maximum atomic E-state index is 13.1. The minimum atomic E-state index is -0.802. The second kappa shape index (κ2) is 3.33. The zero-order chi connectivity index (χ0) is 15.7. The quantitative estimate of drug-likeness (QED) is 0.783. The molecule has 118 valence electrons. The van der Waals surface area contributed by atoms with E-state index in [0.717, 1.165) is 12.0 Å². The lowest BCUT2D eigenvalue weighted by Crippen LogP contribution is -2.54. The number of carbonyl (C=O) groups excluding carboxylic acids is 2. The first-order valence-corrected chi connectivity index (χ1v) is 8.43. The summed E-state index contributed by atoms with van der Waals surface area (Å²) in [6.07, 6.45) is 1.16. The van der Waals surface area contributed by atoms with Gasteiger partial charge in [-0.25, -0.2) is 0 Å². The molecule has 0 N–H and O–H groups in total. The molecule has 4 nitrogen and oxygen atoms in total. The lowest BCUT2D eigenvalue weighted by molar-refractivity contribution is -0.166. The molecule has 8 atom stereocenters. The van der Waals surface area contributed by atoms with Gasteiger partial charge in [0.25, 0.3) is 0 Å². The number of hydrogen-bond acceptors (Lipinski definition) is 4. The van der Waals surface area contributed by atoms with Crippen molar-refractivity contribution < 1.29 is 19.1 Å². The van der Waals surface area contributed by atoms with Crippen LogP contribution in [0.25, 0.3) is 0 Å². The van der Waals surface area contributed by atoms with Gasteiger partial charge < -0.3 is 9.47 Å². The molecule has 6 bridgehead atoms. The van der Waals surface area contributed by atoms with Crippen LogP contribution in [0.3, 0.4) is 0 Å². The molecule has 0 aromatic heterocycles. The number of ether oxygens (including phenoxy) is 2. The van der Waals surface area contributed by atoms with Crippen LogP contribution in [0.5, 0.6) is 0 Å². The summed E-state index contributed by atoms with van der Waals surface area (Å²) in [6, 6.07) is 8.21. The number of rotatable bonds is 2. The number of esters is 2. The predicted molar refractivity (Wildman–Crippen MR) is 79.4 cm³/mol. The molecule has 1 aromatic carbocycles. The molecule has 0 heterocycles. The number of carbonyl (C=O) groups is 2. The highest BCUT2D eigenvalue weighted by Crippen LogP contribution is 2.96. The molecular weight excluding hydrogens is 292 g/mol. The van der Waals surface area contributed by atoms with E-state index in [1.54, 1.807) is 0 Å². The number of hydrogen-bond donors (Lipinski definition) is 0. The van der Waals surface area contributed by atoms with Crippen LogP contribution in [-0.2, 0) is 24.5 Å². The Bertz CT molecular complexity index is 800. The summed E-state index contributed by atoms with van der Waals surface area (Å²) in [4.78, 5) is 26.1. The third-order valence-electron chi connectivity index (χ3n) is 7.84. The molecule has 4 heteroatoms. The van der Waals surface area contributed by atoms with Gasteiger partial charge >= 0.3 is 11.9 Å². The van der Waals surface area contributed by atoms with Gasteiger partial charge in [-0.2, -0.15) is 0 Å². The van der Waals surface area contributed by atoms with E-state index >= 15 is 0 Å². The van der Waals surface area contributed by atoms with E-state index in [0.29, 0.717) is 23.7 Å². The average molecular weight is 310 g/mol. The van der Waals surface area contributed by atoms with Crippen LogP contribution in [-0.4, -0.2) is 26.2 Å². The van der Waals surface area contributed by atoms with Gasteiger partial charge in [0, 0.05) is 0 Å².